The van der Waals surface area contributed by atoms with Crippen LogP contribution < -0.4 is 4.90 Å². The first-order chi connectivity index (χ1) is 11.6. The van der Waals surface area contributed by atoms with Crippen LogP contribution in [0.4, 0.5) is 5.82 Å². The molecule has 2 aromatic heterocycles. The minimum absolute atomic E-state index is 0.931. The van der Waals surface area contributed by atoms with E-state index in [1.165, 1.54) is 47.1 Å². The molecule has 0 spiro atoms. The molecular formula is C20H24N4. The molecular weight excluding hydrogens is 296 g/mol. The molecule has 3 heterocycles. The number of anilines is 1. The van der Waals surface area contributed by atoms with Crippen molar-refractivity contribution in [3.8, 4) is 11.1 Å². The second-order valence-corrected chi connectivity index (χ2v) is 6.94. The van der Waals surface area contributed by atoms with Crippen molar-refractivity contribution in [1.29, 1.82) is 0 Å². The van der Waals surface area contributed by atoms with Crippen LogP contribution in [0.25, 0.3) is 22.2 Å². The quantitative estimate of drug-likeness (QED) is 0.754. The van der Waals surface area contributed by atoms with Gasteiger partial charge in [0.1, 0.15) is 17.8 Å². The lowest BCUT2D eigenvalue weighted by molar-refractivity contribution is 0.574. The minimum atomic E-state index is 0.931. The van der Waals surface area contributed by atoms with Gasteiger partial charge in [0, 0.05) is 24.8 Å². The highest BCUT2D eigenvalue weighted by Crippen LogP contribution is 2.37. The van der Waals surface area contributed by atoms with Crippen LogP contribution in [-0.4, -0.2) is 28.0 Å². The maximum absolute atomic E-state index is 4.66. The predicted molar refractivity (Wildman–Crippen MR) is 99.6 cm³/mol. The van der Waals surface area contributed by atoms with Crippen LogP contribution in [-0.2, 0) is 0 Å². The van der Waals surface area contributed by atoms with Gasteiger partial charge in [0.15, 0.2) is 0 Å². The van der Waals surface area contributed by atoms with Crippen molar-refractivity contribution in [1.82, 2.24) is 15.0 Å². The third-order valence-electron chi connectivity index (χ3n) is 5.05. The van der Waals surface area contributed by atoms with Gasteiger partial charge in [0.25, 0.3) is 0 Å². The summed E-state index contributed by atoms with van der Waals surface area (Å²) in [7, 11) is 0. The maximum atomic E-state index is 4.66. The summed E-state index contributed by atoms with van der Waals surface area (Å²) in [6, 6.07) is 4.51. The molecule has 4 rings (SSSR count). The van der Waals surface area contributed by atoms with Crippen molar-refractivity contribution in [2.75, 3.05) is 18.0 Å². The fourth-order valence-electron chi connectivity index (χ4n) is 4.09. The number of hydrogen-bond acceptors (Lipinski definition) is 3. The van der Waals surface area contributed by atoms with Gasteiger partial charge in [-0.25, -0.2) is 9.97 Å². The van der Waals surface area contributed by atoms with E-state index in [1.807, 2.05) is 0 Å². The normalized spacial score (nSPS) is 15.2. The summed E-state index contributed by atoms with van der Waals surface area (Å²) >= 11 is 0. The number of aromatic amines is 1. The van der Waals surface area contributed by atoms with E-state index in [1.54, 1.807) is 6.33 Å². The van der Waals surface area contributed by atoms with Crippen LogP contribution in [0.3, 0.4) is 0 Å². The predicted octanol–water partition coefficient (Wildman–Crippen LogP) is 4.54. The highest BCUT2D eigenvalue weighted by atomic mass is 15.2. The van der Waals surface area contributed by atoms with E-state index in [0.29, 0.717) is 0 Å². The number of fused-ring (bicyclic) bond motifs is 1. The topological polar surface area (TPSA) is 44.8 Å². The smallest absolute Gasteiger partial charge is 0.143 e. The van der Waals surface area contributed by atoms with Gasteiger partial charge in [-0.1, -0.05) is 17.7 Å². The lowest BCUT2D eigenvalue weighted by Crippen LogP contribution is -2.30. The molecule has 0 atom stereocenters. The summed E-state index contributed by atoms with van der Waals surface area (Å²) in [5.41, 5.74) is 7.38. The second kappa shape index (κ2) is 5.93. The zero-order valence-corrected chi connectivity index (χ0v) is 14.7. The standard InChI is InChI=1S/C20H24N4/c1-13-9-14(2)17(15(3)10-13)16-11-21-19-18(16)20(23-12-22-19)24-7-5-4-6-8-24/h9-12H,4-8H2,1-3H3,(H,21,22,23). The Balaban J connectivity index is 1.94. The van der Waals surface area contributed by atoms with Gasteiger partial charge in [0.2, 0.25) is 0 Å². The van der Waals surface area contributed by atoms with Gasteiger partial charge in [-0.05, 0) is 56.7 Å². The summed E-state index contributed by atoms with van der Waals surface area (Å²) < 4.78 is 0. The zero-order valence-electron chi connectivity index (χ0n) is 14.7. The molecule has 1 N–H and O–H groups in total. The first-order valence-electron chi connectivity index (χ1n) is 8.80. The third-order valence-corrected chi connectivity index (χ3v) is 5.05. The first-order valence-corrected chi connectivity index (χ1v) is 8.80. The molecule has 1 fully saturated rings. The minimum Gasteiger partial charge on any atom is -0.356 e. The Kier molecular flexibility index (Phi) is 3.75. The van der Waals surface area contributed by atoms with Crippen LogP contribution in [0, 0.1) is 20.8 Å². The van der Waals surface area contributed by atoms with E-state index < -0.39 is 0 Å². The molecule has 124 valence electrons. The van der Waals surface area contributed by atoms with Crippen molar-refractivity contribution >= 4 is 16.9 Å². The highest BCUT2D eigenvalue weighted by Gasteiger charge is 2.20. The Bertz CT molecular complexity index is 865. The number of H-pyrrole nitrogens is 1. The van der Waals surface area contributed by atoms with Crippen molar-refractivity contribution in [3.63, 3.8) is 0 Å². The molecule has 3 aromatic rings. The van der Waals surface area contributed by atoms with E-state index in [4.69, 9.17) is 0 Å². The molecule has 0 saturated carbocycles. The van der Waals surface area contributed by atoms with Crippen LogP contribution in [0.2, 0.25) is 0 Å². The number of aryl methyl sites for hydroxylation is 3. The average Bonchev–Trinajstić information content (AvgIpc) is 2.99. The lowest BCUT2D eigenvalue weighted by atomic mass is 9.94. The fourth-order valence-corrected chi connectivity index (χ4v) is 4.09. The van der Waals surface area contributed by atoms with Gasteiger partial charge in [-0.3, -0.25) is 0 Å². The first kappa shape index (κ1) is 15.2. The van der Waals surface area contributed by atoms with E-state index in [0.717, 1.165) is 29.9 Å². The Morgan fingerprint density at radius 2 is 1.67 bits per heavy atom. The van der Waals surface area contributed by atoms with E-state index in [-0.39, 0.29) is 0 Å². The van der Waals surface area contributed by atoms with Gasteiger partial charge >= 0.3 is 0 Å². The molecule has 0 radical (unpaired) electrons. The summed E-state index contributed by atoms with van der Waals surface area (Å²) in [6.07, 6.45) is 7.58. The molecule has 4 nitrogen and oxygen atoms in total. The Morgan fingerprint density at radius 1 is 0.958 bits per heavy atom. The van der Waals surface area contributed by atoms with Gasteiger partial charge in [0.05, 0.1) is 5.39 Å². The summed E-state index contributed by atoms with van der Waals surface area (Å²) in [6.45, 7) is 8.71. The van der Waals surface area contributed by atoms with Gasteiger partial charge in [-0.15, -0.1) is 0 Å². The van der Waals surface area contributed by atoms with E-state index >= 15 is 0 Å². The van der Waals surface area contributed by atoms with Gasteiger partial charge in [-0.2, -0.15) is 0 Å². The lowest BCUT2D eigenvalue weighted by Gasteiger charge is -2.28. The van der Waals surface area contributed by atoms with Crippen LogP contribution in [0.15, 0.2) is 24.7 Å². The molecule has 1 aromatic carbocycles. The zero-order chi connectivity index (χ0) is 16.7. The van der Waals surface area contributed by atoms with Crippen molar-refractivity contribution in [3.05, 3.63) is 41.3 Å². The van der Waals surface area contributed by atoms with Crippen LogP contribution >= 0.6 is 0 Å². The second-order valence-electron chi connectivity index (χ2n) is 6.94. The number of aromatic nitrogens is 3. The molecule has 1 aliphatic rings. The summed E-state index contributed by atoms with van der Waals surface area (Å²) in [4.78, 5) is 14.9. The molecule has 1 aliphatic heterocycles. The number of piperidine rings is 1. The van der Waals surface area contributed by atoms with Crippen molar-refractivity contribution in [2.24, 2.45) is 0 Å². The summed E-state index contributed by atoms with van der Waals surface area (Å²) in [5, 5.41) is 1.16. The Hall–Kier alpha value is -2.36. The summed E-state index contributed by atoms with van der Waals surface area (Å²) in [5.74, 6) is 1.08. The van der Waals surface area contributed by atoms with Gasteiger partial charge < -0.3 is 9.88 Å². The molecule has 0 amide bonds. The Morgan fingerprint density at radius 3 is 2.38 bits per heavy atom. The highest BCUT2D eigenvalue weighted by molar-refractivity contribution is 6.02. The molecule has 0 aliphatic carbocycles. The van der Waals surface area contributed by atoms with E-state index in [9.17, 15) is 0 Å². The van der Waals surface area contributed by atoms with Crippen molar-refractivity contribution < 1.29 is 0 Å². The number of benzene rings is 1. The SMILES string of the molecule is Cc1cc(C)c(-c2c[nH]c3ncnc(N4CCCCC4)c23)c(C)c1. The largest absolute Gasteiger partial charge is 0.356 e. The molecule has 0 bridgehead atoms. The number of rotatable bonds is 2. The fraction of sp³-hybridized carbons (Fsp3) is 0.400. The molecule has 4 heteroatoms. The number of hydrogen-bond donors (Lipinski definition) is 1. The van der Waals surface area contributed by atoms with Crippen molar-refractivity contribution in [2.45, 2.75) is 40.0 Å². The monoisotopic (exact) mass is 320 g/mol. The Labute approximate surface area is 142 Å². The number of nitrogens with one attached hydrogen (secondary N) is 1. The number of nitrogens with zero attached hydrogens (tertiary/aromatic N) is 3. The van der Waals surface area contributed by atoms with E-state index in [2.05, 4.69) is 59.0 Å². The van der Waals surface area contributed by atoms with Crippen LogP contribution in [0.1, 0.15) is 36.0 Å². The maximum Gasteiger partial charge on any atom is 0.143 e. The average molecular weight is 320 g/mol. The van der Waals surface area contributed by atoms with Crippen LogP contribution in [0.5, 0.6) is 0 Å². The third kappa shape index (κ3) is 2.46. The molecule has 0 unspecified atom stereocenters. The molecule has 1 saturated heterocycles. The molecule has 24 heavy (non-hydrogen) atoms.